The van der Waals surface area contributed by atoms with Crippen LogP contribution < -0.4 is 14.4 Å². The van der Waals surface area contributed by atoms with E-state index in [1.165, 1.54) is 17.0 Å². The van der Waals surface area contributed by atoms with E-state index < -0.39 is 23.2 Å². The maximum absolute atomic E-state index is 13.5. The zero-order chi connectivity index (χ0) is 19.5. The van der Waals surface area contributed by atoms with Gasteiger partial charge in [0.1, 0.15) is 5.82 Å². The Morgan fingerprint density at radius 3 is 2.68 bits per heavy atom. The number of fused-ring (bicyclic) bond motifs is 1. The molecule has 0 aliphatic carbocycles. The van der Waals surface area contributed by atoms with Gasteiger partial charge in [0.2, 0.25) is 6.79 Å². The van der Waals surface area contributed by atoms with Crippen molar-refractivity contribution in [2.75, 3.05) is 18.2 Å². The first-order valence-corrected chi connectivity index (χ1v) is 9.02. The number of rotatable bonds is 3. The Hall–Kier alpha value is -2.84. The van der Waals surface area contributed by atoms with Crippen molar-refractivity contribution >= 4 is 29.1 Å². The molecule has 2 fully saturated rings. The van der Waals surface area contributed by atoms with Gasteiger partial charge in [0.05, 0.1) is 6.54 Å². The van der Waals surface area contributed by atoms with Crippen molar-refractivity contribution in [2.24, 2.45) is 0 Å². The van der Waals surface area contributed by atoms with Crippen molar-refractivity contribution in [1.82, 2.24) is 5.06 Å². The summed E-state index contributed by atoms with van der Waals surface area (Å²) >= 11 is 5.84. The molecule has 3 aliphatic rings. The van der Waals surface area contributed by atoms with Gasteiger partial charge in [0, 0.05) is 29.7 Å². The van der Waals surface area contributed by atoms with Crippen LogP contribution in [0.25, 0.3) is 0 Å². The van der Waals surface area contributed by atoms with Crippen LogP contribution >= 0.6 is 11.6 Å². The van der Waals surface area contributed by atoms with Gasteiger partial charge in [-0.25, -0.2) is 14.3 Å². The lowest BCUT2D eigenvalue weighted by atomic mass is 9.97. The van der Waals surface area contributed by atoms with Gasteiger partial charge in [-0.2, -0.15) is 0 Å². The van der Waals surface area contributed by atoms with Crippen molar-refractivity contribution in [1.29, 1.82) is 0 Å². The van der Waals surface area contributed by atoms with E-state index in [-0.39, 0.29) is 24.8 Å². The van der Waals surface area contributed by atoms with E-state index in [2.05, 4.69) is 0 Å². The van der Waals surface area contributed by atoms with E-state index in [1.807, 2.05) is 0 Å². The monoisotopic (exact) mass is 404 g/mol. The fourth-order valence-corrected chi connectivity index (χ4v) is 3.93. The molecule has 0 radical (unpaired) electrons. The number of hydrogen-bond donors (Lipinski definition) is 0. The van der Waals surface area contributed by atoms with E-state index >= 15 is 0 Å². The van der Waals surface area contributed by atoms with Crippen molar-refractivity contribution in [2.45, 2.75) is 18.6 Å². The molecular weight excluding hydrogens is 391 g/mol. The molecule has 1 spiro atoms. The van der Waals surface area contributed by atoms with Crippen LogP contribution in [0.15, 0.2) is 36.4 Å². The Balaban J connectivity index is 1.32. The summed E-state index contributed by atoms with van der Waals surface area (Å²) in [5.74, 6) is -0.208. The van der Waals surface area contributed by atoms with E-state index in [1.54, 1.807) is 24.3 Å². The maximum atomic E-state index is 13.5. The Morgan fingerprint density at radius 2 is 1.89 bits per heavy atom. The van der Waals surface area contributed by atoms with Crippen molar-refractivity contribution in [3.63, 3.8) is 0 Å². The highest BCUT2D eigenvalue weighted by Crippen LogP contribution is 2.42. The lowest BCUT2D eigenvalue weighted by Gasteiger charge is -2.43. The summed E-state index contributed by atoms with van der Waals surface area (Å²) in [5.41, 5.74) is -0.433. The number of anilines is 1. The lowest BCUT2D eigenvalue weighted by Crippen LogP contribution is -2.67. The van der Waals surface area contributed by atoms with Crippen LogP contribution in [-0.2, 0) is 21.0 Å². The van der Waals surface area contributed by atoms with Gasteiger partial charge in [-0.3, -0.25) is 9.59 Å². The highest BCUT2D eigenvalue weighted by atomic mass is 35.5. The summed E-state index contributed by atoms with van der Waals surface area (Å²) in [5, 5.41) is 1.29. The number of hydroxylamine groups is 2. The third-order valence-electron chi connectivity index (χ3n) is 5.03. The summed E-state index contributed by atoms with van der Waals surface area (Å²) in [6.45, 7) is 0.483. The second-order valence-corrected chi connectivity index (χ2v) is 7.22. The van der Waals surface area contributed by atoms with Crippen molar-refractivity contribution < 1.29 is 28.3 Å². The highest BCUT2D eigenvalue weighted by Gasteiger charge is 2.65. The molecule has 0 N–H and O–H groups in total. The molecule has 2 saturated heterocycles. The number of hydrogen-bond acceptors (Lipinski definition) is 5. The second kappa shape index (κ2) is 6.08. The Labute approximate surface area is 164 Å². The molecule has 3 aliphatic heterocycles. The van der Waals surface area contributed by atoms with Crippen LogP contribution in [0, 0.1) is 5.82 Å². The molecule has 5 rings (SSSR count). The van der Waals surface area contributed by atoms with Crippen LogP contribution in [-0.4, -0.2) is 35.8 Å². The van der Waals surface area contributed by atoms with E-state index in [0.29, 0.717) is 29.3 Å². The summed E-state index contributed by atoms with van der Waals surface area (Å²) in [7, 11) is 0. The first-order chi connectivity index (χ1) is 13.5. The standard InChI is InChI=1S/C19H14ClFN2O5/c20-12-5-11(6-13(21)7-12)9-23-18(25)19(28-23)3-4-22(17(19)24)14-1-2-15-16(8-14)27-10-26-15/h1-2,5-8H,3-4,9-10H2/t19-/m1/s1. The quantitative estimate of drug-likeness (QED) is 0.736. The Kier molecular flexibility index (Phi) is 3.75. The van der Waals surface area contributed by atoms with Gasteiger partial charge in [-0.05, 0) is 35.9 Å². The molecule has 2 aromatic carbocycles. The minimum Gasteiger partial charge on any atom is -0.454 e. The smallest absolute Gasteiger partial charge is 0.291 e. The molecule has 1 atom stereocenters. The van der Waals surface area contributed by atoms with Gasteiger partial charge in [0.15, 0.2) is 11.5 Å². The van der Waals surface area contributed by atoms with Crippen LogP contribution in [0.3, 0.4) is 0 Å². The van der Waals surface area contributed by atoms with Gasteiger partial charge < -0.3 is 14.4 Å². The fourth-order valence-electron chi connectivity index (χ4n) is 3.68. The molecule has 2 aromatic rings. The van der Waals surface area contributed by atoms with Crippen molar-refractivity contribution in [3.05, 3.63) is 52.8 Å². The van der Waals surface area contributed by atoms with Gasteiger partial charge in [-0.1, -0.05) is 11.6 Å². The zero-order valence-electron chi connectivity index (χ0n) is 14.5. The van der Waals surface area contributed by atoms with E-state index in [0.717, 1.165) is 5.06 Å². The summed E-state index contributed by atoms with van der Waals surface area (Å²) in [6.07, 6.45) is 0.236. The molecule has 0 aromatic heterocycles. The maximum Gasteiger partial charge on any atom is 0.291 e. The fraction of sp³-hybridized carbons (Fsp3) is 0.263. The third-order valence-corrected chi connectivity index (χ3v) is 5.25. The predicted molar refractivity (Wildman–Crippen MR) is 95.3 cm³/mol. The third kappa shape index (κ3) is 2.52. The summed E-state index contributed by atoms with van der Waals surface area (Å²) in [4.78, 5) is 32.8. The first-order valence-electron chi connectivity index (χ1n) is 8.64. The molecule has 144 valence electrons. The number of benzene rings is 2. The SMILES string of the molecule is O=C1N(Cc2cc(F)cc(Cl)c2)O[C@@]12CCN(c1ccc3c(c1)OCO3)C2=O. The average molecular weight is 405 g/mol. The van der Waals surface area contributed by atoms with Crippen LogP contribution in [0.5, 0.6) is 11.5 Å². The van der Waals surface area contributed by atoms with E-state index in [9.17, 15) is 14.0 Å². The molecular formula is C19H14ClFN2O5. The minimum atomic E-state index is -1.52. The predicted octanol–water partition coefficient (Wildman–Crippen LogP) is 2.66. The topological polar surface area (TPSA) is 68.3 Å². The summed E-state index contributed by atoms with van der Waals surface area (Å²) < 4.78 is 24.1. The molecule has 0 saturated carbocycles. The largest absolute Gasteiger partial charge is 0.454 e. The summed E-state index contributed by atoms with van der Waals surface area (Å²) in [6, 6.07) is 9.15. The highest BCUT2D eigenvalue weighted by molar-refractivity contribution is 6.30. The number of carbonyl (C=O) groups is 2. The molecule has 0 unspecified atom stereocenters. The lowest BCUT2D eigenvalue weighted by molar-refractivity contribution is -0.298. The molecule has 3 heterocycles. The molecule has 0 bridgehead atoms. The molecule has 28 heavy (non-hydrogen) atoms. The van der Waals surface area contributed by atoms with E-state index in [4.69, 9.17) is 25.9 Å². The first kappa shape index (κ1) is 17.3. The minimum absolute atomic E-state index is 0.00929. The number of halogens is 2. The molecule has 7 nitrogen and oxygen atoms in total. The molecule has 2 amide bonds. The van der Waals surface area contributed by atoms with Crippen LogP contribution in [0.2, 0.25) is 5.02 Å². The molecule has 9 heteroatoms. The Bertz CT molecular complexity index is 996. The number of carbonyl (C=O) groups excluding carboxylic acids is 2. The second-order valence-electron chi connectivity index (χ2n) is 6.78. The van der Waals surface area contributed by atoms with Crippen LogP contribution in [0.4, 0.5) is 10.1 Å². The van der Waals surface area contributed by atoms with Gasteiger partial charge in [-0.15, -0.1) is 0 Å². The average Bonchev–Trinajstić information content (AvgIpc) is 3.25. The number of ether oxygens (including phenoxy) is 2. The Morgan fingerprint density at radius 1 is 1.07 bits per heavy atom. The van der Waals surface area contributed by atoms with Gasteiger partial charge >= 0.3 is 0 Å². The van der Waals surface area contributed by atoms with Gasteiger partial charge in [0.25, 0.3) is 17.4 Å². The normalized spacial score (nSPS) is 22.9. The zero-order valence-corrected chi connectivity index (χ0v) is 15.2. The number of nitrogens with zero attached hydrogens (tertiary/aromatic N) is 2. The van der Waals surface area contributed by atoms with Crippen LogP contribution in [0.1, 0.15) is 12.0 Å². The number of amides is 2. The van der Waals surface area contributed by atoms with Crippen molar-refractivity contribution in [3.8, 4) is 11.5 Å².